The highest BCUT2D eigenvalue weighted by Gasteiger charge is 2.28. The predicted molar refractivity (Wildman–Crippen MR) is 77.7 cm³/mol. The molecule has 0 aliphatic heterocycles. The minimum Gasteiger partial charge on any atom is -0.301 e. The van der Waals surface area contributed by atoms with Crippen molar-refractivity contribution in [1.29, 1.82) is 0 Å². The topological polar surface area (TPSA) is 29.5 Å². The largest absolute Gasteiger partial charge is 0.363 e. The van der Waals surface area contributed by atoms with Crippen molar-refractivity contribution in [1.82, 2.24) is 4.67 Å². The normalized spacial score (nSPS) is 14.7. The van der Waals surface area contributed by atoms with Crippen molar-refractivity contribution in [2.45, 2.75) is 6.61 Å². The molecule has 0 bridgehead atoms. The Morgan fingerprint density at radius 2 is 1.67 bits per heavy atom. The molecule has 18 heavy (non-hydrogen) atoms. The van der Waals surface area contributed by atoms with E-state index < -0.39 is 6.87 Å². The molecule has 0 aromatic heterocycles. The van der Waals surface area contributed by atoms with Gasteiger partial charge in [-0.25, -0.2) is 4.67 Å². The van der Waals surface area contributed by atoms with E-state index in [-0.39, 0.29) is 6.61 Å². The lowest BCUT2D eigenvalue weighted by molar-refractivity contribution is 0.270. The van der Waals surface area contributed by atoms with Gasteiger partial charge >= 0.3 is 6.87 Å². The molecule has 0 N–H and O–H groups in total. The molecule has 1 atom stereocenters. The summed E-state index contributed by atoms with van der Waals surface area (Å²) in [6.07, 6.45) is 0. The van der Waals surface area contributed by atoms with Gasteiger partial charge in [0.1, 0.15) is 0 Å². The smallest absolute Gasteiger partial charge is 0.301 e. The highest BCUT2D eigenvalue weighted by molar-refractivity contribution is 7.83. The molecule has 0 aliphatic rings. The van der Waals surface area contributed by atoms with Crippen molar-refractivity contribution in [2.75, 3.05) is 24.8 Å². The highest BCUT2D eigenvalue weighted by Crippen LogP contribution is 2.56. The Morgan fingerprint density at radius 3 is 2.17 bits per heavy atom. The van der Waals surface area contributed by atoms with Gasteiger partial charge < -0.3 is 4.52 Å². The first-order chi connectivity index (χ1) is 8.60. The Labute approximate surface area is 122 Å². The number of rotatable bonds is 8. The molecule has 0 amide bonds. The molecule has 0 aliphatic carbocycles. The van der Waals surface area contributed by atoms with Crippen LogP contribution in [0.2, 0.25) is 0 Å². The maximum atomic E-state index is 12.2. The number of halogens is 3. The zero-order valence-electron chi connectivity index (χ0n) is 9.77. The number of alkyl halides is 2. The molecule has 0 saturated heterocycles. The molecule has 0 spiro atoms. The predicted octanol–water partition coefficient (Wildman–Crippen LogP) is 4.33. The lowest BCUT2D eigenvalue weighted by Gasteiger charge is -2.24. The average Bonchev–Trinajstić information content (AvgIpc) is 2.37. The quantitative estimate of drug-likeness (QED) is 0.403. The second-order valence-electron chi connectivity index (χ2n) is 3.54. The Bertz CT molecular complexity index is 385. The van der Waals surface area contributed by atoms with Crippen molar-refractivity contribution in [3.63, 3.8) is 0 Å². The standard InChI is InChI=1S/C11H15Cl3NO2P/c12-6-8-15(9-7-13)18(14,16)17-10-11-4-2-1-3-5-11/h1-5H,6-10H2/i15+1. The van der Waals surface area contributed by atoms with E-state index >= 15 is 0 Å². The minimum atomic E-state index is -3.36. The SMILES string of the molecule is O=P(Cl)(OCc1ccccc1)[15N](CCCl)CCCl. The molecule has 1 rings (SSSR count). The first-order valence-corrected chi connectivity index (χ1v) is 9.01. The van der Waals surface area contributed by atoms with E-state index in [1.165, 1.54) is 4.67 Å². The zero-order valence-corrected chi connectivity index (χ0v) is 12.9. The molecule has 0 saturated carbocycles. The summed E-state index contributed by atoms with van der Waals surface area (Å²) in [5.41, 5.74) is 0.912. The van der Waals surface area contributed by atoms with Crippen LogP contribution >= 0.6 is 41.3 Å². The van der Waals surface area contributed by atoms with Crippen LogP contribution in [-0.2, 0) is 15.7 Å². The summed E-state index contributed by atoms with van der Waals surface area (Å²) in [5.74, 6) is 0.643. The Balaban J connectivity index is 2.59. The highest BCUT2D eigenvalue weighted by atomic mass is 35.7. The molecule has 0 fully saturated rings. The Hall–Kier alpha value is 0.240. The third-order valence-electron chi connectivity index (χ3n) is 2.26. The molecule has 0 radical (unpaired) electrons. The van der Waals surface area contributed by atoms with Crippen molar-refractivity contribution in [3.05, 3.63) is 35.9 Å². The van der Waals surface area contributed by atoms with Gasteiger partial charge in [0.05, 0.1) is 6.61 Å². The molecular weight excluding hydrogens is 316 g/mol. The third kappa shape index (κ3) is 5.48. The van der Waals surface area contributed by atoms with E-state index in [1.54, 1.807) is 0 Å². The molecule has 1 unspecified atom stereocenters. The van der Waals surface area contributed by atoms with Crippen molar-refractivity contribution in [2.24, 2.45) is 0 Å². The molecular formula is C11H15Cl3NO2P. The van der Waals surface area contributed by atoms with Crippen LogP contribution in [0.3, 0.4) is 0 Å². The van der Waals surface area contributed by atoms with Crippen molar-refractivity contribution >= 4 is 41.3 Å². The summed E-state index contributed by atoms with van der Waals surface area (Å²) >= 11 is 17.2. The average molecular weight is 332 g/mol. The fraction of sp³-hybridized carbons (Fsp3) is 0.455. The Kier molecular flexibility index (Phi) is 7.62. The van der Waals surface area contributed by atoms with Crippen LogP contribution in [0.15, 0.2) is 30.3 Å². The fourth-order valence-electron chi connectivity index (χ4n) is 1.36. The molecule has 7 heteroatoms. The van der Waals surface area contributed by atoms with E-state index in [0.29, 0.717) is 24.8 Å². The van der Waals surface area contributed by atoms with Crippen LogP contribution in [0, 0.1) is 0 Å². The summed E-state index contributed by atoms with van der Waals surface area (Å²) in [5, 5.41) is 0. The lowest BCUT2D eigenvalue weighted by atomic mass is 10.2. The summed E-state index contributed by atoms with van der Waals surface area (Å²) < 4.78 is 19.0. The van der Waals surface area contributed by atoms with Gasteiger partial charge in [0.25, 0.3) is 0 Å². The maximum absolute atomic E-state index is 12.2. The van der Waals surface area contributed by atoms with E-state index in [9.17, 15) is 4.57 Å². The van der Waals surface area contributed by atoms with Crippen molar-refractivity contribution in [3.8, 4) is 0 Å². The number of nitrogens with zero attached hydrogens (tertiary/aromatic N) is 1. The lowest BCUT2D eigenvalue weighted by Crippen LogP contribution is -2.24. The van der Waals surface area contributed by atoms with Crippen molar-refractivity contribution < 1.29 is 9.09 Å². The monoisotopic (exact) mass is 330 g/mol. The van der Waals surface area contributed by atoms with Crippen LogP contribution in [-0.4, -0.2) is 29.5 Å². The number of benzene rings is 1. The van der Waals surface area contributed by atoms with Gasteiger partial charge in [-0.3, -0.25) is 4.57 Å². The van der Waals surface area contributed by atoms with Crippen LogP contribution in [0.5, 0.6) is 0 Å². The van der Waals surface area contributed by atoms with Crippen LogP contribution in [0.4, 0.5) is 0 Å². The number of hydrogen-bond acceptors (Lipinski definition) is 2. The molecule has 1 aromatic carbocycles. The van der Waals surface area contributed by atoms with Gasteiger partial charge in [-0.05, 0) is 16.8 Å². The minimum absolute atomic E-state index is 0.197. The third-order valence-corrected chi connectivity index (χ3v) is 5.05. The van der Waals surface area contributed by atoms with Crippen LogP contribution < -0.4 is 0 Å². The second-order valence-corrected chi connectivity index (χ2v) is 7.31. The molecule has 0 heterocycles. The summed E-state index contributed by atoms with van der Waals surface area (Å²) in [4.78, 5) is 0. The van der Waals surface area contributed by atoms with Gasteiger partial charge in [0.2, 0.25) is 0 Å². The summed E-state index contributed by atoms with van der Waals surface area (Å²) in [6, 6.07) is 9.42. The van der Waals surface area contributed by atoms with Gasteiger partial charge in [-0.1, -0.05) is 30.3 Å². The molecule has 1 aromatic rings. The van der Waals surface area contributed by atoms with Crippen LogP contribution in [0.25, 0.3) is 0 Å². The second kappa shape index (κ2) is 8.42. The number of hydrogen-bond donors (Lipinski definition) is 0. The fourth-order valence-corrected chi connectivity index (χ4v) is 3.75. The zero-order chi connectivity index (χ0) is 13.4. The van der Waals surface area contributed by atoms with Gasteiger partial charge in [-0.2, -0.15) is 0 Å². The first-order valence-electron chi connectivity index (χ1n) is 5.45. The van der Waals surface area contributed by atoms with Crippen LogP contribution in [0.1, 0.15) is 5.56 Å². The van der Waals surface area contributed by atoms with Gasteiger partial charge in [-0.15, -0.1) is 23.2 Å². The van der Waals surface area contributed by atoms with E-state index in [2.05, 4.69) is 0 Å². The molecule has 102 valence electrons. The molecule has 3 nitrogen and oxygen atoms in total. The maximum Gasteiger partial charge on any atom is 0.363 e. The Morgan fingerprint density at radius 1 is 1.11 bits per heavy atom. The van der Waals surface area contributed by atoms with Gasteiger partial charge in [0.15, 0.2) is 0 Å². The summed E-state index contributed by atoms with van der Waals surface area (Å²) in [6.45, 7) is -2.41. The first kappa shape index (κ1) is 16.3. The van der Waals surface area contributed by atoms with E-state index in [4.69, 9.17) is 39.0 Å². The van der Waals surface area contributed by atoms with E-state index in [0.717, 1.165) is 5.56 Å². The van der Waals surface area contributed by atoms with Gasteiger partial charge in [0, 0.05) is 24.8 Å². The summed E-state index contributed by atoms with van der Waals surface area (Å²) in [7, 11) is 0. The van der Waals surface area contributed by atoms with E-state index in [1.807, 2.05) is 30.3 Å².